The van der Waals surface area contributed by atoms with Crippen LogP contribution < -0.4 is 0 Å². The average Bonchev–Trinajstić information content (AvgIpc) is 2.42. The molecule has 0 amide bonds. The van der Waals surface area contributed by atoms with Gasteiger partial charge in [-0.2, -0.15) is 0 Å². The van der Waals surface area contributed by atoms with Gasteiger partial charge in [0.15, 0.2) is 0 Å². The number of ether oxygens (including phenoxy) is 2. The maximum absolute atomic E-state index is 12.0. The van der Waals surface area contributed by atoms with E-state index < -0.39 is 11.9 Å². The molecule has 0 aliphatic carbocycles. The molecule has 1 fully saturated rings. The maximum Gasteiger partial charge on any atom is 0.334 e. The van der Waals surface area contributed by atoms with E-state index in [9.17, 15) is 9.59 Å². The number of aliphatic carboxylic acids is 1. The molecular weight excluding hydrogens is 286 g/mol. The first-order valence-electron chi connectivity index (χ1n) is 7.69. The topological polar surface area (TPSA) is 76.1 Å². The third kappa shape index (κ3) is 8.14. The molecule has 1 aliphatic heterocycles. The molecule has 0 spiro atoms. The lowest BCUT2D eigenvalue weighted by molar-refractivity contribution is -0.140. The van der Waals surface area contributed by atoms with Crippen LogP contribution in [0.15, 0.2) is 11.6 Å². The third-order valence-corrected chi connectivity index (χ3v) is 3.45. The number of hydrogen-bond acceptors (Lipinski definition) is 5. The van der Waals surface area contributed by atoms with Crippen LogP contribution in [0.25, 0.3) is 0 Å². The molecule has 0 aromatic carbocycles. The van der Waals surface area contributed by atoms with Crippen molar-refractivity contribution in [2.75, 3.05) is 39.5 Å². The quantitative estimate of drug-likeness (QED) is 0.569. The molecule has 0 atom stereocenters. The predicted molar refractivity (Wildman–Crippen MR) is 82.6 cm³/mol. The molecule has 0 aromatic heterocycles. The zero-order chi connectivity index (χ0) is 16.6. The van der Waals surface area contributed by atoms with E-state index in [1.54, 1.807) is 0 Å². The molecule has 6 nitrogen and oxygen atoms in total. The lowest BCUT2D eigenvalue weighted by Crippen LogP contribution is -2.37. The van der Waals surface area contributed by atoms with E-state index in [4.69, 9.17) is 14.6 Å². The lowest BCUT2D eigenvalue weighted by atomic mass is 9.93. The van der Waals surface area contributed by atoms with Gasteiger partial charge in [-0.05, 0) is 18.3 Å². The van der Waals surface area contributed by atoms with E-state index in [0.29, 0.717) is 32.8 Å². The highest BCUT2D eigenvalue weighted by atomic mass is 16.5. The minimum Gasteiger partial charge on any atom is -0.478 e. The van der Waals surface area contributed by atoms with Gasteiger partial charge in [0.2, 0.25) is 0 Å². The molecule has 1 aliphatic rings. The Balaban J connectivity index is 2.48. The van der Waals surface area contributed by atoms with E-state index >= 15 is 0 Å². The summed E-state index contributed by atoms with van der Waals surface area (Å²) < 4.78 is 10.5. The van der Waals surface area contributed by atoms with Gasteiger partial charge in [-0.1, -0.05) is 20.8 Å². The number of esters is 1. The Hall–Kier alpha value is -1.40. The van der Waals surface area contributed by atoms with Gasteiger partial charge >= 0.3 is 11.9 Å². The fourth-order valence-electron chi connectivity index (χ4n) is 2.03. The van der Waals surface area contributed by atoms with Gasteiger partial charge in [-0.3, -0.25) is 4.90 Å². The molecule has 1 N–H and O–H groups in total. The standard InChI is InChI=1S/C16H27NO5/c1-16(2,3)5-9-22-15(20)13(12-14(18)19)4-6-17-7-10-21-11-8-17/h12H,4-11H2,1-3H3,(H,18,19)/b13-12+. The van der Waals surface area contributed by atoms with E-state index in [2.05, 4.69) is 25.7 Å². The van der Waals surface area contributed by atoms with Crippen LogP contribution in [-0.2, 0) is 19.1 Å². The summed E-state index contributed by atoms with van der Waals surface area (Å²) in [7, 11) is 0. The summed E-state index contributed by atoms with van der Waals surface area (Å²) in [6, 6.07) is 0. The third-order valence-electron chi connectivity index (χ3n) is 3.45. The molecule has 0 radical (unpaired) electrons. The Labute approximate surface area is 132 Å². The monoisotopic (exact) mass is 313 g/mol. The zero-order valence-electron chi connectivity index (χ0n) is 13.8. The summed E-state index contributed by atoms with van der Waals surface area (Å²) in [5.74, 6) is -1.65. The van der Waals surface area contributed by atoms with Crippen molar-refractivity contribution in [3.63, 3.8) is 0 Å². The highest BCUT2D eigenvalue weighted by Crippen LogP contribution is 2.18. The van der Waals surface area contributed by atoms with Crippen LogP contribution in [0.4, 0.5) is 0 Å². The second-order valence-corrected chi connectivity index (χ2v) is 6.66. The van der Waals surface area contributed by atoms with Gasteiger partial charge in [0, 0.05) is 31.3 Å². The molecule has 1 rings (SSSR count). The first-order chi connectivity index (χ1) is 10.3. The number of morpholine rings is 1. The van der Waals surface area contributed by atoms with Gasteiger partial charge in [0.1, 0.15) is 0 Å². The Morgan fingerprint density at radius 2 is 1.91 bits per heavy atom. The van der Waals surface area contributed by atoms with Crippen molar-refractivity contribution in [2.45, 2.75) is 33.6 Å². The summed E-state index contributed by atoms with van der Waals surface area (Å²) in [5, 5.41) is 8.91. The van der Waals surface area contributed by atoms with Gasteiger partial charge in [-0.15, -0.1) is 0 Å². The molecule has 0 bridgehead atoms. The minimum atomic E-state index is -1.12. The average molecular weight is 313 g/mol. The molecule has 0 aromatic rings. The molecule has 1 heterocycles. The molecular formula is C16H27NO5. The summed E-state index contributed by atoms with van der Waals surface area (Å²) in [5.41, 5.74) is 0.290. The maximum atomic E-state index is 12.0. The largest absolute Gasteiger partial charge is 0.478 e. The first kappa shape index (κ1) is 18.6. The normalized spacial score (nSPS) is 17.3. The van der Waals surface area contributed by atoms with Crippen LogP contribution in [-0.4, -0.2) is 61.4 Å². The molecule has 126 valence electrons. The van der Waals surface area contributed by atoms with E-state index in [1.165, 1.54) is 0 Å². The van der Waals surface area contributed by atoms with Crippen LogP contribution in [0.5, 0.6) is 0 Å². The minimum absolute atomic E-state index is 0.0742. The number of nitrogens with zero attached hydrogens (tertiary/aromatic N) is 1. The van der Waals surface area contributed by atoms with Gasteiger partial charge in [0.05, 0.1) is 19.8 Å². The molecule has 6 heteroatoms. The van der Waals surface area contributed by atoms with E-state index in [-0.39, 0.29) is 11.0 Å². The summed E-state index contributed by atoms with van der Waals surface area (Å²) in [4.78, 5) is 25.1. The number of carbonyl (C=O) groups is 2. The van der Waals surface area contributed by atoms with Gasteiger partial charge < -0.3 is 14.6 Å². The van der Waals surface area contributed by atoms with E-state index in [0.717, 1.165) is 25.6 Å². The summed E-state index contributed by atoms with van der Waals surface area (Å²) in [6.07, 6.45) is 2.07. The first-order valence-corrected chi connectivity index (χ1v) is 7.69. The molecule has 0 unspecified atom stereocenters. The van der Waals surface area contributed by atoms with Crippen LogP contribution in [0, 0.1) is 5.41 Å². The Morgan fingerprint density at radius 3 is 2.45 bits per heavy atom. The van der Waals surface area contributed by atoms with Crippen molar-refractivity contribution in [1.82, 2.24) is 4.90 Å². The second-order valence-electron chi connectivity index (χ2n) is 6.66. The Bertz CT molecular complexity index is 405. The van der Waals surface area contributed by atoms with Crippen LogP contribution >= 0.6 is 0 Å². The van der Waals surface area contributed by atoms with Crippen molar-refractivity contribution >= 4 is 11.9 Å². The highest BCUT2D eigenvalue weighted by molar-refractivity contribution is 5.95. The van der Waals surface area contributed by atoms with Crippen molar-refractivity contribution < 1.29 is 24.2 Å². The van der Waals surface area contributed by atoms with Crippen LogP contribution in [0.3, 0.4) is 0 Å². The summed E-state index contributed by atoms with van der Waals surface area (Å²) >= 11 is 0. The van der Waals surface area contributed by atoms with Crippen molar-refractivity contribution in [2.24, 2.45) is 5.41 Å². The number of carbonyl (C=O) groups excluding carboxylic acids is 1. The SMILES string of the molecule is CC(C)(C)CCOC(=O)/C(=C/C(=O)O)CCN1CCOCC1. The molecule has 1 saturated heterocycles. The Kier molecular flexibility index (Phi) is 7.55. The number of carboxylic acids is 1. The second kappa shape index (κ2) is 8.90. The number of carboxylic acid groups (broad SMARTS) is 1. The zero-order valence-corrected chi connectivity index (χ0v) is 13.8. The van der Waals surface area contributed by atoms with Gasteiger partial charge in [-0.25, -0.2) is 9.59 Å². The van der Waals surface area contributed by atoms with Crippen LogP contribution in [0.2, 0.25) is 0 Å². The summed E-state index contributed by atoms with van der Waals surface area (Å²) in [6.45, 7) is 10.1. The number of hydrogen-bond donors (Lipinski definition) is 1. The fraction of sp³-hybridized carbons (Fsp3) is 0.750. The van der Waals surface area contributed by atoms with Crippen molar-refractivity contribution in [3.8, 4) is 0 Å². The predicted octanol–water partition coefficient (Wildman–Crippen LogP) is 1.70. The molecule has 22 heavy (non-hydrogen) atoms. The highest BCUT2D eigenvalue weighted by Gasteiger charge is 2.18. The van der Waals surface area contributed by atoms with Gasteiger partial charge in [0.25, 0.3) is 0 Å². The van der Waals surface area contributed by atoms with Crippen molar-refractivity contribution in [1.29, 1.82) is 0 Å². The van der Waals surface area contributed by atoms with Crippen LogP contribution in [0.1, 0.15) is 33.6 Å². The Morgan fingerprint density at radius 1 is 1.27 bits per heavy atom. The lowest BCUT2D eigenvalue weighted by Gasteiger charge is -2.26. The fourth-order valence-corrected chi connectivity index (χ4v) is 2.03. The van der Waals surface area contributed by atoms with Crippen molar-refractivity contribution in [3.05, 3.63) is 11.6 Å². The van der Waals surface area contributed by atoms with E-state index in [1.807, 2.05) is 0 Å². The molecule has 0 saturated carbocycles. The smallest absolute Gasteiger partial charge is 0.334 e. The number of rotatable bonds is 7.